The number of nitrogens with zero attached hydrogens (tertiary/aromatic N) is 2. The normalized spacial score (nSPS) is 13.1. The molecular weight excluding hydrogens is 409 g/mol. The van der Waals surface area contributed by atoms with Gasteiger partial charge in [0.15, 0.2) is 0 Å². The summed E-state index contributed by atoms with van der Waals surface area (Å²) in [6.45, 7) is 8.84. The molecule has 0 bridgehead atoms. The molecule has 1 aromatic rings. The van der Waals surface area contributed by atoms with Crippen LogP contribution in [0, 0.1) is 0 Å². The maximum atomic E-state index is 11.8. The number of anilines is 3. The molecule has 32 heavy (non-hydrogen) atoms. The zero-order valence-corrected chi connectivity index (χ0v) is 21.0. The molecule has 2 rings (SSSR count). The maximum absolute atomic E-state index is 11.8. The Labute approximate surface area is 193 Å². The molecule has 1 saturated heterocycles. The second-order valence-corrected chi connectivity index (χ2v) is 7.88. The van der Waals surface area contributed by atoms with Gasteiger partial charge in [0.25, 0.3) is 0 Å². The van der Waals surface area contributed by atoms with Crippen molar-refractivity contribution in [2.75, 3.05) is 71.0 Å². The van der Waals surface area contributed by atoms with Crippen LogP contribution in [-0.2, 0) is 4.79 Å². The van der Waals surface area contributed by atoms with Crippen molar-refractivity contribution in [3.05, 3.63) is 36.7 Å². The van der Waals surface area contributed by atoms with Crippen molar-refractivity contribution in [1.82, 2.24) is 10.2 Å². The van der Waals surface area contributed by atoms with Crippen LogP contribution in [0.25, 0.3) is 0 Å². The summed E-state index contributed by atoms with van der Waals surface area (Å²) in [5.41, 5.74) is 3.31. The molecule has 7 nitrogen and oxygen atoms in total. The molecule has 0 saturated carbocycles. The highest BCUT2D eigenvalue weighted by Crippen LogP contribution is 2.38. The van der Waals surface area contributed by atoms with Crippen LogP contribution in [0.3, 0.4) is 0 Å². The minimum absolute atomic E-state index is 0.216. The molecule has 0 spiro atoms. The quantitative estimate of drug-likeness (QED) is 0.566. The van der Waals surface area contributed by atoms with Gasteiger partial charge < -0.3 is 30.5 Å². The molecule has 1 aliphatic heterocycles. The largest absolute Gasteiger partial charge is 0.495 e. The van der Waals surface area contributed by atoms with Gasteiger partial charge in [-0.05, 0) is 72.6 Å². The molecule has 8 heteroatoms. The van der Waals surface area contributed by atoms with Crippen molar-refractivity contribution in [3.8, 4) is 5.75 Å². The van der Waals surface area contributed by atoms with Gasteiger partial charge in [-0.1, -0.05) is 6.58 Å². The van der Waals surface area contributed by atoms with E-state index in [1.807, 2.05) is 33.3 Å². The smallest absolute Gasteiger partial charge is 0.247 e. The number of allylic oxidation sites excluding steroid dienone is 1. The zero-order chi connectivity index (χ0) is 24.7. The predicted molar refractivity (Wildman–Crippen MR) is 136 cm³/mol. The molecule has 182 valence electrons. The Morgan fingerprint density at radius 3 is 2.09 bits per heavy atom. The molecule has 1 heterocycles. The molecule has 1 fully saturated rings. The topological polar surface area (TPSA) is 68.9 Å². The first-order valence-electron chi connectivity index (χ1n) is 10.8. The number of nitrogens with one attached hydrogen (secondary N) is 3. The summed E-state index contributed by atoms with van der Waals surface area (Å²) in [4.78, 5) is 16.4. The first-order chi connectivity index (χ1) is 15.2. The minimum atomic E-state index is -0.216. The molecule has 0 unspecified atom stereocenters. The van der Waals surface area contributed by atoms with Crippen LogP contribution in [0.15, 0.2) is 36.7 Å². The van der Waals surface area contributed by atoms with Gasteiger partial charge >= 0.3 is 0 Å². The van der Waals surface area contributed by atoms with Gasteiger partial charge in [-0.15, -0.1) is 0 Å². The number of methoxy groups -OCH3 is 1. The first kappa shape index (κ1) is 29.4. The first-order valence-corrected chi connectivity index (χ1v) is 10.8. The SMILES string of the molecule is C=CC(=O)Nc1cc(NC)c(OC)cc1N1CCC(N(C)C)CC1.CC(C)=CF.CNC. The van der Waals surface area contributed by atoms with Gasteiger partial charge in [0.2, 0.25) is 5.91 Å². The monoisotopic (exact) mass is 451 g/mol. The van der Waals surface area contributed by atoms with E-state index < -0.39 is 0 Å². The second kappa shape index (κ2) is 16.1. The van der Waals surface area contributed by atoms with E-state index in [-0.39, 0.29) is 5.91 Å². The average molecular weight is 452 g/mol. The molecule has 0 aliphatic carbocycles. The number of hydrogen-bond donors (Lipinski definition) is 3. The summed E-state index contributed by atoms with van der Waals surface area (Å²) >= 11 is 0. The van der Waals surface area contributed by atoms with E-state index >= 15 is 0 Å². The summed E-state index contributed by atoms with van der Waals surface area (Å²) in [6.07, 6.45) is 4.06. The van der Waals surface area contributed by atoms with Gasteiger partial charge in [0.05, 0.1) is 30.5 Å². The molecule has 3 N–H and O–H groups in total. The van der Waals surface area contributed by atoms with Crippen LogP contribution in [-0.4, -0.2) is 72.3 Å². The highest BCUT2D eigenvalue weighted by molar-refractivity contribution is 6.02. The minimum Gasteiger partial charge on any atom is -0.495 e. The van der Waals surface area contributed by atoms with Crippen LogP contribution < -0.4 is 25.6 Å². The molecule has 0 radical (unpaired) electrons. The van der Waals surface area contributed by atoms with Crippen molar-refractivity contribution >= 4 is 23.0 Å². The van der Waals surface area contributed by atoms with Gasteiger partial charge in [-0.25, -0.2) is 4.39 Å². The molecule has 0 aromatic heterocycles. The lowest BCUT2D eigenvalue weighted by Crippen LogP contribution is -2.42. The lowest BCUT2D eigenvalue weighted by molar-refractivity contribution is -0.111. The third-order valence-electron chi connectivity index (χ3n) is 4.78. The zero-order valence-electron chi connectivity index (χ0n) is 21.0. The number of halogens is 1. The summed E-state index contributed by atoms with van der Waals surface area (Å²) in [7, 11) is 11.5. The summed E-state index contributed by atoms with van der Waals surface area (Å²) in [5, 5.41) is 8.77. The van der Waals surface area contributed by atoms with Gasteiger partial charge in [-0.3, -0.25) is 4.79 Å². The summed E-state index contributed by atoms with van der Waals surface area (Å²) < 4.78 is 16.4. The lowest BCUT2D eigenvalue weighted by atomic mass is 10.0. The lowest BCUT2D eigenvalue weighted by Gasteiger charge is -2.37. The highest BCUT2D eigenvalue weighted by Gasteiger charge is 2.24. The maximum Gasteiger partial charge on any atom is 0.247 e. The second-order valence-electron chi connectivity index (χ2n) is 7.88. The third kappa shape index (κ3) is 10.2. The summed E-state index contributed by atoms with van der Waals surface area (Å²) in [6, 6.07) is 4.50. The number of carbonyl (C=O) groups excluding carboxylic acids is 1. The van der Waals surface area contributed by atoms with Crippen molar-refractivity contribution in [2.45, 2.75) is 32.7 Å². The Morgan fingerprint density at radius 1 is 1.19 bits per heavy atom. The van der Waals surface area contributed by atoms with Crippen LogP contribution >= 0.6 is 0 Å². The van der Waals surface area contributed by atoms with E-state index in [1.165, 1.54) is 6.08 Å². The van der Waals surface area contributed by atoms with Crippen molar-refractivity contribution in [1.29, 1.82) is 0 Å². The molecule has 1 amide bonds. The Bertz CT molecular complexity index is 725. The predicted octanol–water partition coefficient (Wildman–Crippen LogP) is 4.11. The highest BCUT2D eigenvalue weighted by atomic mass is 19.1. The van der Waals surface area contributed by atoms with E-state index in [1.54, 1.807) is 21.0 Å². The van der Waals surface area contributed by atoms with E-state index in [2.05, 4.69) is 46.4 Å². The number of hydrogen-bond acceptors (Lipinski definition) is 6. The number of piperidine rings is 1. The third-order valence-corrected chi connectivity index (χ3v) is 4.78. The molecular formula is C24H42FN5O2. The van der Waals surface area contributed by atoms with Crippen LogP contribution in [0.1, 0.15) is 26.7 Å². The van der Waals surface area contributed by atoms with E-state index in [9.17, 15) is 9.18 Å². The molecule has 1 aromatic carbocycles. The fourth-order valence-corrected chi connectivity index (χ4v) is 3.10. The van der Waals surface area contributed by atoms with Crippen molar-refractivity contribution in [3.63, 3.8) is 0 Å². The summed E-state index contributed by atoms with van der Waals surface area (Å²) in [5.74, 6) is 0.547. The molecule has 0 atom stereocenters. The van der Waals surface area contributed by atoms with E-state index in [0.717, 1.165) is 48.7 Å². The number of amides is 1. The number of benzene rings is 1. The van der Waals surface area contributed by atoms with Crippen molar-refractivity contribution < 1.29 is 13.9 Å². The van der Waals surface area contributed by atoms with Gasteiger partial charge in [0, 0.05) is 32.2 Å². The average Bonchev–Trinajstić information content (AvgIpc) is 2.79. The van der Waals surface area contributed by atoms with Crippen LogP contribution in [0.5, 0.6) is 5.75 Å². The number of carbonyl (C=O) groups is 1. The van der Waals surface area contributed by atoms with Gasteiger partial charge in [0.1, 0.15) is 5.75 Å². The Kier molecular flexibility index (Phi) is 14.8. The van der Waals surface area contributed by atoms with E-state index in [0.29, 0.717) is 17.9 Å². The number of rotatable bonds is 6. The van der Waals surface area contributed by atoms with Crippen molar-refractivity contribution in [2.24, 2.45) is 0 Å². The Morgan fingerprint density at radius 2 is 1.72 bits per heavy atom. The van der Waals surface area contributed by atoms with Crippen LogP contribution in [0.2, 0.25) is 0 Å². The van der Waals surface area contributed by atoms with Gasteiger partial charge in [-0.2, -0.15) is 0 Å². The Hall–Kier alpha value is -2.58. The standard InChI is InChI=1S/C18H28N4O2.C4H7F.C2H7N/c1-6-18(23)20-14-11-15(19-2)17(24-5)12-16(14)22-9-7-13(8-10-22)21(3)4;1-4(2)3-5;1-3-2/h6,11-13,19H,1,7-10H2,2-5H3,(H,20,23);3H,1-2H3;3H,1-2H3. The Balaban J connectivity index is 0.00000104. The number of ether oxygens (including phenoxy) is 1. The molecule has 1 aliphatic rings. The fraction of sp³-hybridized carbons (Fsp3) is 0.542. The van der Waals surface area contributed by atoms with E-state index in [4.69, 9.17) is 4.74 Å². The van der Waals surface area contributed by atoms with Crippen LogP contribution in [0.4, 0.5) is 21.5 Å². The fourth-order valence-electron chi connectivity index (χ4n) is 3.10.